The number of aromatic nitrogens is 1. The van der Waals surface area contributed by atoms with Crippen LogP contribution in [0.3, 0.4) is 0 Å². The highest BCUT2D eigenvalue weighted by Gasteiger charge is 2.19. The van der Waals surface area contributed by atoms with E-state index >= 15 is 0 Å². The number of nitrogens with one attached hydrogen (secondary N) is 1. The van der Waals surface area contributed by atoms with Gasteiger partial charge in [-0.1, -0.05) is 23.7 Å². The lowest BCUT2D eigenvalue weighted by Crippen LogP contribution is -2.38. The average Bonchev–Trinajstić information content (AvgIpc) is 2.54. The molecule has 0 atom stereocenters. The van der Waals surface area contributed by atoms with Crippen LogP contribution in [0.1, 0.15) is 15.9 Å². The lowest BCUT2D eigenvalue weighted by atomic mass is 10.2. The molecule has 0 radical (unpaired) electrons. The fourth-order valence-corrected chi connectivity index (χ4v) is 3.21. The van der Waals surface area contributed by atoms with Crippen LogP contribution in [0, 0.1) is 5.82 Å². The van der Waals surface area contributed by atoms with Gasteiger partial charge in [0.05, 0.1) is 16.8 Å². The second kappa shape index (κ2) is 8.37. The van der Waals surface area contributed by atoms with Crippen LogP contribution in [0.4, 0.5) is 4.39 Å². The van der Waals surface area contributed by atoms with Crippen LogP contribution in [0.25, 0.3) is 0 Å². The molecule has 0 saturated carbocycles. The third-order valence-electron chi connectivity index (χ3n) is 3.39. The second-order valence-electron chi connectivity index (χ2n) is 5.31. The normalized spacial score (nSPS) is 11.5. The van der Waals surface area contributed by atoms with E-state index in [1.807, 2.05) is 0 Å². The van der Waals surface area contributed by atoms with Gasteiger partial charge in [-0.25, -0.2) is 12.8 Å². The van der Waals surface area contributed by atoms with Crippen molar-refractivity contribution >= 4 is 27.5 Å². The SMILES string of the molecule is CS(=O)(=O)N(CCNC(=O)c1c(F)cccc1Cl)Cc1cccnc1. The summed E-state index contributed by atoms with van der Waals surface area (Å²) in [5, 5.41) is 2.48. The van der Waals surface area contributed by atoms with Gasteiger partial charge in [0.2, 0.25) is 10.0 Å². The van der Waals surface area contributed by atoms with Crippen LogP contribution in [0.2, 0.25) is 5.02 Å². The molecule has 1 N–H and O–H groups in total. The molecule has 25 heavy (non-hydrogen) atoms. The number of hydrogen-bond donors (Lipinski definition) is 1. The summed E-state index contributed by atoms with van der Waals surface area (Å²) in [5.74, 6) is -1.43. The third-order valence-corrected chi connectivity index (χ3v) is 4.95. The molecular formula is C16H17ClFN3O3S. The number of halogens is 2. The number of amides is 1. The van der Waals surface area contributed by atoms with Gasteiger partial charge in [-0.15, -0.1) is 0 Å². The minimum Gasteiger partial charge on any atom is -0.351 e. The van der Waals surface area contributed by atoms with Gasteiger partial charge in [-0.2, -0.15) is 4.31 Å². The number of carbonyl (C=O) groups is 1. The highest BCUT2D eigenvalue weighted by molar-refractivity contribution is 7.88. The van der Waals surface area contributed by atoms with Crippen molar-refractivity contribution < 1.29 is 17.6 Å². The van der Waals surface area contributed by atoms with Crippen molar-refractivity contribution in [2.75, 3.05) is 19.3 Å². The Kier molecular flexibility index (Phi) is 6.46. The molecule has 2 rings (SSSR count). The molecular weight excluding hydrogens is 369 g/mol. The Morgan fingerprint density at radius 2 is 2.08 bits per heavy atom. The molecule has 134 valence electrons. The molecule has 0 saturated heterocycles. The Labute approximate surface area is 150 Å². The van der Waals surface area contributed by atoms with Crippen LogP contribution in [0.5, 0.6) is 0 Å². The maximum absolute atomic E-state index is 13.7. The molecule has 0 unspecified atom stereocenters. The molecule has 0 fully saturated rings. The van der Waals surface area contributed by atoms with E-state index in [2.05, 4.69) is 10.3 Å². The van der Waals surface area contributed by atoms with E-state index < -0.39 is 21.7 Å². The Balaban J connectivity index is 2.00. The zero-order chi connectivity index (χ0) is 18.4. The Morgan fingerprint density at radius 1 is 1.32 bits per heavy atom. The van der Waals surface area contributed by atoms with E-state index in [9.17, 15) is 17.6 Å². The van der Waals surface area contributed by atoms with Crippen molar-refractivity contribution in [1.29, 1.82) is 0 Å². The fraction of sp³-hybridized carbons (Fsp3) is 0.250. The number of rotatable bonds is 7. The van der Waals surface area contributed by atoms with Gasteiger partial charge in [0, 0.05) is 32.0 Å². The lowest BCUT2D eigenvalue weighted by molar-refractivity contribution is 0.0947. The van der Waals surface area contributed by atoms with Crippen LogP contribution in [-0.2, 0) is 16.6 Å². The summed E-state index contributed by atoms with van der Waals surface area (Å²) in [7, 11) is -3.49. The van der Waals surface area contributed by atoms with Gasteiger partial charge in [0.15, 0.2) is 0 Å². The van der Waals surface area contributed by atoms with Gasteiger partial charge in [0.25, 0.3) is 5.91 Å². The number of pyridine rings is 1. The molecule has 1 aromatic carbocycles. The number of sulfonamides is 1. The Bertz CT molecular complexity index is 827. The van der Waals surface area contributed by atoms with Crippen molar-refractivity contribution in [1.82, 2.24) is 14.6 Å². The average molecular weight is 386 g/mol. The summed E-state index contributed by atoms with van der Waals surface area (Å²) in [5.41, 5.74) is 0.457. The quantitative estimate of drug-likeness (QED) is 0.791. The second-order valence-corrected chi connectivity index (χ2v) is 7.70. The maximum atomic E-state index is 13.7. The molecule has 1 heterocycles. The molecule has 0 aliphatic carbocycles. The van der Waals surface area contributed by atoms with Gasteiger partial charge < -0.3 is 5.32 Å². The van der Waals surface area contributed by atoms with E-state index in [0.717, 1.165) is 17.9 Å². The number of hydrogen-bond acceptors (Lipinski definition) is 4. The summed E-state index contributed by atoms with van der Waals surface area (Å²) < 4.78 is 38.7. The summed E-state index contributed by atoms with van der Waals surface area (Å²) in [6, 6.07) is 7.39. The molecule has 0 bridgehead atoms. The van der Waals surface area contributed by atoms with Crippen molar-refractivity contribution in [2.45, 2.75) is 6.54 Å². The summed E-state index contributed by atoms with van der Waals surface area (Å²) >= 11 is 5.83. The first-order chi connectivity index (χ1) is 11.8. The molecule has 2 aromatic rings. The van der Waals surface area contributed by atoms with Crippen molar-refractivity contribution in [3.05, 3.63) is 64.7 Å². The lowest BCUT2D eigenvalue weighted by Gasteiger charge is -2.20. The topological polar surface area (TPSA) is 79.4 Å². The molecule has 0 aliphatic rings. The van der Waals surface area contributed by atoms with Gasteiger partial charge in [-0.05, 0) is 23.8 Å². The first-order valence-electron chi connectivity index (χ1n) is 7.35. The van der Waals surface area contributed by atoms with E-state index in [1.165, 1.54) is 16.4 Å². The van der Waals surface area contributed by atoms with Crippen LogP contribution < -0.4 is 5.32 Å². The maximum Gasteiger partial charge on any atom is 0.255 e. The fourth-order valence-electron chi connectivity index (χ4n) is 2.15. The molecule has 9 heteroatoms. The minimum absolute atomic E-state index is 0.00664. The monoisotopic (exact) mass is 385 g/mol. The summed E-state index contributed by atoms with van der Waals surface area (Å²) in [6.07, 6.45) is 4.24. The molecule has 0 aliphatic heterocycles. The van der Waals surface area contributed by atoms with Crippen molar-refractivity contribution in [3.63, 3.8) is 0 Å². The van der Waals surface area contributed by atoms with Crippen LogP contribution in [0.15, 0.2) is 42.7 Å². The minimum atomic E-state index is -3.49. The highest BCUT2D eigenvalue weighted by atomic mass is 35.5. The van der Waals surface area contributed by atoms with Crippen LogP contribution in [-0.4, -0.2) is 43.0 Å². The first kappa shape index (κ1) is 19.3. The summed E-state index contributed by atoms with van der Waals surface area (Å²) in [6.45, 7) is 0.172. The Hall–Kier alpha value is -2.03. The largest absolute Gasteiger partial charge is 0.351 e. The standard InChI is InChI=1S/C16H17ClFN3O3S/c1-25(23,24)21(11-12-4-3-7-19-10-12)9-8-20-16(22)15-13(17)5-2-6-14(15)18/h2-7,10H,8-9,11H2,1H3,(H,20,22). The number of carbonyl (C=O) groups excluding carboxylic acids is 1. The van der Waals surface area contributed by atoms with Crippen LogP contribution >= 0.6 is 11.6 Å². The third kappa shape index (κ3) is 5.48. The molecule has 6 nitrogen and oxygen atoms in total. The predicted octanol–water partition coefficient (Wildman–Crippen LogP) is 2.07. The molecule has 1 amide bonds. The zero-order valence-electron chi connectivity index (χ0n) is 13.4. The van der Waals surface area contributed by atoms with Gasteiger partial charge in [0.1, 0.15) is 5.82 Å². The number of benzene rings is 1. The van der Waals surface area contributed by atoms with E-state index in [-0.39, 0.29) is 30.2 Å². The predicted molar refractivity (Wildman–Crippen MR) is 93.2 cm³/mol. The molecule has 0 spiro atoms. The zero-order valence-corrected chi connectivity index (χ0v) is 15.0. The Morgan fingerprint density at radius 3 is 2.68 bits per heavy atom. The van der Waals surface area contributed by atoms with Crippen molar-refractivity contribution in [2.24, 2.45) is 0 Å². The van der Waals surface area contributed by atoms with E-state index in [0.29, 0.717) is 0 Å². The summed E-state index contributed by atoms with van der Waals surface area (Å²) in [4.78, 5) is 16.0. The molecule has 1 aromatic heterocycles. The van der Waals surface area contributed by atoms with Gasteiger partial charge >= 0.3 is 0 Å². The highest BCUT2D eigenvalue weighted by Crippen LogP contribution is 2.18. The van der Waals surface area contributed by atoms with Crippen molar-refractivity contribution in [3.8, 4) is 0 Å². The van der Waals surface area contributed by atoms with Gasteiger partial charge in [-0.3, -0.25) is 9.78 Å². The number of nitrogens with zero attached hydrogens (tertiary/aromatic N) is 2. The first-order valence-corrected chi connectivity index (χ1v) is 9.58. The van der Waals surface area contributed by atoms with E-state index in [4.69, 9.17) is 11.6 Å². The van der Waals surface area contributed by atoms with E-state index in [1.54, 1.807) is 24.5 Å². The smallest absolute Gasteiger partial charge is 0.255 e.